The third-order valence-corrected chi connectivity index (χ3v) is 4.33. The van der Waals surface area contributed by atoms with Gasteiger partial charge in [0, 0.05) is 12.6 Å². The van der Waals surface area contributed by atoms with E-state index >= 15 is 0 Å². The van der Waals surface area contributed by atoms with Gasteiger partial charge in [0.05, 0.1) is 5.92 Å². The van der Waals surface area contributed by atoms with Gasteiger partial charge in [-0.2, -0.15) is 0 Å². The minimum Gasteiger partial charge on any atom is -0.352 e. The zero-order valence-electron chi connectivity index (χ0n) is 11.3. The van der Waals surface area contributed by atoms with Crippen LogP contribution in [-0.2, 0) is 11.2 Å². The molecule has 3 heteroatoms. The summed E-state index contributed by atoms with van der Waals surface area (Å²) in [7, 11) is 0. The molecule has 19 heavy (non-hydrogen) atoms. The van der Waals surface area contributed by atoms with Crippen molar-refractivity contribution in [1.82, 2.24) is 10.6 Å². The van der Waals surface area contributed by atoms with Crippen LogP contribution in [-0.4, -0.2) is 25.0 Å². The lowest BCUT2D eigenvalue weighted by molar-refractivity contribution is -0.123. The number of fused-ring (bicyclic) bond motifs is 1. The first-order valence-corrected chi connectivity index (χ1v) is 7.43. The molecule has 0 radical (unpaired) electrons. The van der Waals surface area contributed by atoms with Crippen LogP contribution in [0, 0.1) is 0 Å². The number of benzene rings is 1. The van der Waals surface area contributed by atoms with E-state index in [9.17, 15) is 4.79 Å². The Labute approximate surface area is 114 Å². The minimum absolute atomic E-state index is 0.0619. The molecule has 1 unspecified atom stereocenters. The highest BCUT2D eigenvalue weighted by atomic mass is 16.1. The molecule has 1 aliphatic heterocycles. The molecule has 1 aromatic carbocycles. The van der Waals surface area contributed by atoms with E-state index in [1.807, 2.05) is 6.07 Å². The average molecular weight is 258 g/mol. The normalized spacial score (nSPS) is 26.5. The molecule has 1 fully saturated rings. The Balaban J connectivity index is 1.70. The second kappa shape index (κ2) is 5.74. The monoisotopic (exact) mass is 258 g/mol. The number of rotatable bonds is 2. The van der Waals surface area contributed by atoms with Gasteiger partial charge in [-0.3, -0.25) is 4.79 Å². The number of carbonyl (C=O) groups excluding carboxylic acids is 1. The van der Waals surface area contributed by atoms with E-state index in [1.165, 1.54) is 11.1 Å². The second-order valence-electron chi connectivity index (χ2n) is 5.70. The summed E-state index contributed by atoms with van der Waals surface area (Å²) < 4.78 is 0. The van der Waals surface area contributed by atoms with Gasteiger partial charge in [-0.15, -0.1) is 0 Å². The Kier molecular flexibility index (Phi) is 3.83. The Morgan fingerprint density at radius 2 is 2.11 bits per heavy atom. The number of nitrogens with one attached hydrogen (secondary N) is 2. The summed E-state index contributed by atoms with van der Waals surface area (Å²) in [6, 6.07) is 8.72. The van der Waals surface area contributed by atoms with E-state index in [1.54, 1.807) is 0 Å². The molecular formula is C16H22N2O. The van der Waals surface area contributed by atoms with Crippen LogP contribution in [0.2, 0.25) is 0 Å². The minimum atomic E-state index is 0.0619. The largest absolute Gasteiger partial charge is 0.352 e. The fraction of sp³-hybridized carbons (Fsp3) is 0.562. The molecule has 0 saturated carbocycles. The van der Waals surface area contributed by atoms with Crippen molar-refractivity contribution in [1.29, 1.82) is 0 Å². The van der Waals surface area contributed by atoms with E-state index in [0.717, 1.165) is 45.2 Å². The summed E-state index contributed by atoms with van der Waals surface area (Å²) in [6.45, 7) is 2.00. The fourth-order valence-electron chi connectivity index (χ4n) is 3.30. The van der Waals surface area contributed by atoms with Gasteiger partial charge in [0.1, 0.15) is 0 Å². The molecule has 2 aliphatic rings. The van der Waals surface area contributed by atoms with Crippen LogP contribution in [0.25, 0.3) is 0 Å². The predicted molar refractivity (Wildman–Crippen MR) is 76.2 cm³/mol. The Hall–Kier alpha value is -1.35. The van der Waals surface area contributed by atoms with Gasteiger partial charge >= 0.3 is 0 Å². The molecule has 102 valence electrons. The van der Waals surface area contributed by atoms with Crippen molar-refractivity contribution >= 4 is 5.91 Å². The summed E-state index contributed by atoms with van der Waals surface area (Å²) in [4.78, 5) is 12.5. The summed E-state index contributed by atoms with van der Waals surface area (Å²) in [5.74, 6) is 0.285. The summed E-state index contributed by atoms with van der Waals surface area (Å²) in [5.41, 5.74) is 2.60. The highest BCUT2D eigenvalue weighted by Gasteiger charge is 2.27. The molecule has 1 aliphatic carbocycles. The molecule has 2 N–H and O–H groups in total. The van der Waals surface area contributed by atoms with E-state index in [0.29, 0.717) is 6.04 Å². The van der Waals surface area contributed by atoms with Crippen LogP contribution in [0.1, 0.15) is 42.7 Å². The van der Waals surface area contributed by atoms with Gasteiger partial charge in [-0.05, 0) is 49.8 Å². The molecule has 0 spiro atoms. The predicted octanol–water partition coefficient (Wildman–Crippen LogP) is 1.97. The van der Waals surface area contributed by atoms with E-state index in [-0.39, 0.29) is 11.8 Å². The molecule has 1 heterocycles. The lowest BCUT2D eigenvalue weighted by Gasteiger charge is -2.29. The van der Waals surface area contributed by atoms with Crippen LogP contribution in [0.3, 0.4) is 0 Å². The smallest absolute Gasteiger partial charge is 0.227 e. The van der Waals surface area contributed by atoms with Crippen molar-refractivity contribution in [2.24, 2.45) is 0 Å². The number of carbonyl (C=O) groups is 1. The quantitative estimate of drug-likeness (QED) is 0.851. The van der Waals surface area contributed by atoms with Crippen molar-refractivity contribution in [3.8, 4) is 0 Å². The zero-order valence-corrected chi connectivity index (χ0v) is 11.3. The second-order valence-corrected chi connectivity index (χ2v) is 5.70. The average Bonchev–Trinajstić information content (AvgIpc) is 2.47. The molecule has 3 rings (SSSR count). The highest BCUT2D eigenvalue weighted by Crippen LogP contribution is 2.31. The maximum absolute atomic E-state index is 12.5. The Morgan fingerprint density at radius 3 is 2.95 bits per heavy atom. The van der Waals surface area contributed by atoms with Gasteiger partial charge in [0.15, 0.2) is 0 Å². The SMILES string of the molecule is O=C(N[C@H]1CCCNC1)C1CCCc2ccccc21. The molecule has 0 bridgehead atoms. The van der Waals surface area contributed by atoms with Crippen molar-refractivity contribution in [2.45, 2.75) is 44.1 Å². The van der Waals surface area contributed by atoms with Gasteiger partial charge in [-0.25, -0.2) is 0 Å². The van der Waals surface area contributed by atoms with Gasteiger partial charge in [0.25, 0.3) is 0 Å². The molecule has 1 saturated heterocycles. The number of hydrogen-bond donors (Lipinski definition) is 2. The molecule has 1 aromatic rings. The maximum atomic E-state index is 12.5. The maximum Gasteiger partial charge on any atom is 0.227 e. The van der Waals surface area contributed by atoms with Crippen molar-refractivity contribution < 1.29 is 4.79 Å². The third-order valence-electron chi connectivity index (χ3n) is 4.33. The zero-order chi connectivity index (χ0) is 13.1. The summed E-state index contributed by atoms with van der Waals surface area (Å²) >= 11 is 0. The van der Waals surface area contributed by atoms with Crippen molar-refractivity contribution in [2.75, 3.05) is 13.1 Å². The topological polar surface area (TPSA) is 41.1 Å². The van der Waals surface area contributed by atoms with Crippen molar-refractivity contribution in [3.63, 3.8) is 0 Å². The summed E-state index contributed by atoms with van der Waals surface area (Å²) in [5, 5.41) is 6.58. The van der Waals surface area contributed by atoms with Crippen LogP contribution < -0.4 is 10.6 Å². The molecular weight excluding hydrogens is 236 g/mol. The molecule has 0 aromatic heterocycles. The molecule has 2 atom stereocenters. The van der Waals surface area contributed by atoms with Gasteiger partial charge in [-0.1, -0.05) is 24.3 Å². The number of amides is 1. The number of hydrogen-bond acceptors (Lipinski definition) is 2. The van der Waals surface area contributed by atoms with Gasteiger partial charge in [0.2, 0.25) is 5.91 Å². The highest BCUT2D eigenvalue weighted by molar-refractivity contribution is 5.84. The van der Waals surface area contributed by atoms with E-state index in [4.69, 9.17) is 0 Å². The van der Waals surface area contributed by atoms with Crippen LogP contribution in [0.5, 0.6) is 0 Å². The van der Waals surface area contributed by atoms with E-state index < -0.39 is 0 Å². The van der Waals surface area contributed by atoms with Gasteiger partial charge < -0.3 is 10.6 Å². The third kappa shape index (κ3) is 2.81. The number of piperidine rings is 1. The lowest BCUT2D eigenvalue weighted by atomic mass is 9.82. The molecule has 1 amide bonds. The standard InChI is InChI=1S/C16H22N2O/c19-16(18-13-7-4-10-17-11-13)15-9-3-6-12-5-1-2-8-14(12)15/h1-2,5,8,13,15,17H,3-4,6-7,9-11H2,(H,18,19)/t13-,15?/m0/s1. The van der Waals surface area contributed by atoms with Crippen molar-refractivity contribution in [3.05, 3.63) is 35.4 Å². The number of aryl methyl sites for hydroxylation is 1. The van der Waals surface area contributed by atoms with Crippen LogP contribution in [0.15, 0.2) is 24.3 Å². The first-order valence-electron chi connectivity index (χ1n) is 7.43. The Bertz CT molecular complexity index is 452. The van der Waals surface area contributed by atoms with Crippen LogP contribution in [0.4, 0.5) is 0 Å². The Morgan fingerprint density at radius 1 is 1.21 bits per heavy atom. The fourth-order valence-corrected chi connectivity index (χ4v) is 3.30. The molecule has 3 nitrogen and oxygen atoms in total. The first kappa shape index (κ1) is 12.7. The van der Waals surface area contributed by atoms with Crippen LogP contribution >= 0.6 is 0 Å². The first-order chi connectivity index (χ1) is 9.34. The lowest BCUT2D eigenvalue weighted by Crippen LogP contribution is -2.47. The summed E-state index contributed by atoms with van der Waals surface area (Å²) in [6.07, 6.45) is 5.49. The van der Waals surface area contributed by atoms with E-state index in [2.05, 4.69) is 28.8 Å².